The molecule has 0 fully saturated rings. The van der Waals surface area contributed by atoms with Crippen molar-refractivity contribution in [3.8, 4) is 0 Å². The van der Waals surface area contributed by atoms with Crippen LogP contribution in [0.3, 0.4) is 0 Å². The molecule has 0 aromatic heterocycles. The van der Waals surface area contributed by atoms with Crippen molar-refractivity contribution in [3.05, 3.63) is 24.8 Å². The number of carbonyl (C=O) groups excluding carboxylic acids is 1. The van der Waals surface area contributed by atoms with E-state index in [1.54, 1.807) is 19.1 Å². The zero-order valence-corrected chi connectivity index (χ0v) is 7.45. The second-order valence-corrected chi connectivity index (χ2v) is 2.03. The quantitative estimate of drug-likeness (QED) is 0.479. The molecule has 0 heterocycles. The van der Waals surface area contributed by atoms with Crippen LogP contribution in [0.5, 0.6) is 0 Å². The van der Waals surface area contributed by atoms with Gasteiger partial charge in [0.1, 0.15) is 6.10 Å². The van der Waals surface area contributed by atoms with Crippen LogP contribution in [0.25, 0.3) is 0 Å². The molecule has 0 saturated carbocycles. The van der Waals surface area contributed by atoms with E-state index in [9.17, 15) is 4.79 Å². The van der Waals surface area contributed by atoms with Gasteiger partial charge in [0, 0.05) is 0 Å². The third-order valence-electron chi connectivity index (χ3n) is 1.11. The fourth-order valence-electron chi connectivity index (χ4n) is 0.619. The maximum atomic E-state index is 10.8. The Morgan fingerprint density at radius 1 is 1.67 bits per heavy atom. The van der Waals surface area contributed by atoms with Crippen LogP contribution in [0, 0.1) is 0 Å². The Labute approximate surface area is 72.7 Å². The number of rotatable bonds is 4. The van der Waals surface area contributed by atoms with Crippen LogP contribution in [-0.2, 0) is 9.47 Å². The van der Waals surface area contributed by atoms with E-state index >= 15 is 0 Å². The third kappa shape index (κ3) is 4.55. The SMILES string of the molecule is C=CC(/C=C/C)OC(=O)OCC. The smallest absolute Gasteiger partial charge is 0.435 e. The molecule has 3 nitrogen and oxygen atoms in total. The average molecular weight is 170 g/mol. The van der Waals surface area contributed by atoms with Gasteiger partial charge in [0.05, 0.1) is 6.61 Å². The zero-order chi connectivity index (χ0) is 9.40. The van der Waals surface area contributed by atoms with Crippen LogP contribution in [0.2, 0.25) is 0 Å². The van der Waals surface area contributed by atoms with Crippen molar-refractivity contribution < 1.29 is 14.3 Å². The Morgan fingerprint density at radius 2 is 2.33 bits per heavy atom. The van der Waals surface area contributed by atoms with E-state index in [1.165, 1.54) is 6.08 Å². The van der Waals surface area contributed by atoms with E-state index in [0.29, 0.717) is 6.61 Å². The first-order chi connectivity index (χ1) is 5.74. The molecule has 0 bridgehead atoms. The number of hydrogen-bond donors (Lipinski definition) is 0. The number of hydrogen-bond acceptors (Lipinski definition) is 3. The normalized spacial score (nSPS) is 12.5. The fraction of sp³-hybridized carbons (Fsp3) is 0.444. The van der Waals surface area contributed by atoms with Gasteiger partial charge in [0.25, 0.3) is 0 Å². The second-order valence-electron chi connectivity index (χ2n) is 2.03. The Balaban J connectivity index is 3.85. The monoisotopic (exact) mass is 170 g/mol. The topological polar surface area (TPSA) is 35.5 Å². The lowest BCUT2D eigenvalue weighted by molar-refractivity contribution is 0.0520. The Hall–Kier alpha value is -1.25. The van der Waals surface area contributed by atoms with Crippen LogP contribution in [0.15, 0.2) is 24.8 Å². The standard InChI is InChI=1S/C9H14O3/c1-4-7-8(5-2)12-9(10)11-6-3/h4-5,7-8H,2,6H2,1,3H3/b7-4+. The van der Waals surface area contributed by atoms with E-state index in [4.69, 9.17) is 4.74 Å². The summed E-state index contributed by atoms with van der Waals surface area (Å²) in [7, 11) is 0. The first-order valence-electron chi connectivity index (χ1n) is 3.83. The van der Waals surface area contributed by atoms with Gasteiger partial charge in [-0.3, -0.25) is 0 Å². The summed E-state index contributed by atoms with van der Waals surface area (Å²) < 4.78 is 9.39. The highest BCUT2D eigenvalue weighted by Crippen LogP contribution is 1.98. The molecule has 0 N–H and O–H groups in total. The van der Waals surface area contributed by atoms with E-state index < -0.39 is 12.3 Å². The molecule has 1 atom stereocenters. The van der Waals surface area contributed by atoms with Gasteiger partial charge < -0.3 is 9.47 Å². The van der Waals surface area contributed by atoms with E-state index in [2.05, 4.69) is 11.3 Å². The lowest BCUT2D eigenvalue weighted by atomic mass is 10.3. The van der Waals surface area contributed by atoms with Crippen LogP contribution < -0.4 is 0 Å². The second kappa shape index (κ2) is 6.46. The number of carbonyl (C=O) groups is 1. The molecule has 68 valence electrons. The Kier molecular flexibility index (Phi) is 5.79. The summed E-state index contributed by atoms with van der Waals surface area (Å²) in [4.78, 5) is 10.8. The van der Waals surface area contributed by atoms with Gasteiger partial charge in [0.2, 0.25) is 0 Å². The maximum absolute atomic E-state index is 10.8. The van der Waals surface area contributed by atoms with Gasteiger partial charge in [0.15, 0.2) is 0 Å². The van der Waals surface area contributed by atoms with E-state index in [0.717, 1.165) is 0 Å². The average Bonchev–Trinajstić information content (AvgIpc) is 2.04. The predicted molar refractivity (Wildman–Crippen MR) is 46.9 cm³/mol. The van der Waals surface area contributed by atoms with Gasteiger partial charge in [-0.1, -0.05) is 12.7 Å². The largest absolute Gasteiger partial charge is 0.509 e. The van der Waals surface area contributed by atoms with Gasteiger partial charge in [-0.25, -0.2) is 4.79 Å². The van der Waals surface area contributed by atoms with Crippen LogP contribution in [0.4, 0.5) is 4.79 Å². The van der Waals surface area contributed by atoms with Gasteiger partial charge in [-0.05, 0) is 26.0 Å². The Morgan fingerprint density at radius 3 is 2.75 bits per heavy atom. The summed E-state index contributed by atoms with van der Waals surface area (Å²) >= 11 is 0. The van der Waals surface area contributed by atoms with Crippen molar-refractivity contribution in [1.82, 2.24) is 0 Å². The highest BCUT2D eigenvalue weighted by Gasteiger charge is 2.07. The molecule has 3 heteroatoms. The Bertz CT molecular complexity index is 173. The van der Waals surface area contributed by atoms with Crippen LogP contribution in [0.1, 0.15) is 13.8 Å². The zero-order valence-electron chi connectivity index (χ0n) is 7.45. The van der Waals surface area contributed by atoms with Crippen LogP contribution in [-0.4, -0.2) is 18.9 Å². The van der Waals surface area contributed by atoms with Crippen molar-refractivity contribution in [3.63, 3.8) is 0 Å². The molecule has 1 unspecified atom stereocenters. The first kappa shape index (κ1) is 10.8. The minimum Gasteiger partial charge on any atom is -0.435 e. The summed E-state index contributed by atoms with van der Waals surface area (Å²) in [5.74, 6) is 0. The van der Waals surface area contributed by atoms with Crippen molar-refractivity contribution in [2.24, 2.45) is 0 Å². The molecule has 0 aromatic carbocycles. The third-order valence-corrected chi connectivity index (χ3v) is 1.11. The molecule has 0 aliphatic heterocycles. The maximum Gasteiger partial charge on any atom is 0.509 e. The highest BCUT2D eigenvalue weighted by molar-refractivity contribution is 5.60. The lowest BCUT2D eigenvalue weighted by Gasteiger charge is -2.08. The molecule has 0 rings (SSSR count). The van der Waals surface area contributed by atoms with Gasteiger partial charge in [-0.15, -0.1) is 0 Å². The van der Waals surface area contributed by atoms with Gasteiger partial charge in [-0.2, -0.15) is 0 Å². The van der Waals surface area contributed by atoms with Gasteiger partial charge >= 0.3 is 6.16 Å². The highest BCUT2D eigenvalue weighted by atomic mass is 16.7. The first-order valence-corrected chi connectivity index (χ1v) is 3.83. The minimum absolute atomic E-state index is 0.318. The summed E-state index contributed by atoms with van der Waals surface area (Å²) in [5.41, 5.74) is 0. The molecular weight excluding hydrogens is 156 g/mol. The molecule has 0 amide bonds. The molecule has 0 spiro atoms. The molecule has 0 aliphatic rings. The minimum atomic E-state index is -0.666. The molecule has 0 aromatic rings. The summed E-state index contributed by atoms with van der Waals surface area (Å²) in [5, 5.41) is 0. The fourth-order valence-corrected chi connectivity index (χ4v) is 0.619. The molecule has 0 radical (unpaired) electrons. The van der Waals surface area contributed by atoms with Crippen LogP contribution >= 0.6 is 0 Å². The summed E-state index contributed by atoms with van der Waals surface area (Å²) in [6.07, 6.45) is 3.96. The summed E-state index contributed by atoms with van der Waals surface area (Å²) in [6, 6.07) is 0. The van der Waals surface area contributed by atoms with E-state index in [1.807, 2.05) is 6.92 Å². The lowest BCUT2D eigenvalue weighted by Crippen LogP contribution is -2.14. The molecule has 12 heavy (non-hydrogen) atoms. The molecular formula is C9H14O3. The number of ether oxygens (including phenoxy) is 2. The summed E-state index contributed by atoms with van der Waals surface area (Å²) in [6.45, 7) is 7.39. The van der Waals surface area contributed by atoms with Crippen molar-refractivity contribution in [2.45, 2.75) is 20.0 Å². The predicted octanol–water partition coefficient (Wildman–Crippen LogP) is 2.29. The molecule has 0 aliphatic carbocycles. The van der Waals surface area contributed by atoms with Crippen molar-refractivity contribution >= 4 is 6.16 Å². The molecule has 0 saturated heterocycles. The van der Waals surface area contributed by atoms with Crippen molar-refractivity contribution in [1.29, 1.82) is 0 Å². The van der Waals surface area contributed by atoms with E-state index in [-0.39, 0.29) is 0 Å². The number of allylic oxidation sites excluding steroid dienone is 1. The van der Waals surface area contributed by atoms with Crippen molar-refractivity contribution in [2.75, 3.05) is 6.61 Å².